The minimum Gasteiger partial charge on any atom is -0.451 e. The molecular formula is C22H25N5O3. The number of likely N-dealkylation sites (tertiary alicyclic amines) is 1. The lowest BCUT2D eigenvalue weighted by Crippen LogP contribution is -2.37. The number of methoxy groups -OCH3 is 1. The molecule has 5 rings (SSSR count). The highest BCUT2D eigenvalue weighted by molar-refractivity contribution is 5.92. The van der Waals surface area contributed by atoms with E-state index in [1.807, 2.05) is 34.0 Å². The number of carbonyl (C=O) groups is 1. The maximum absolute atomic E-state index is 12.7. The van der Waals surface area contributed by atoms with Gasteiger partial charge < -0.3 is 14.1 Å². The summed E-state index contributed by atoms with van der Waals surface area (Å²) < 4.78 is 12.8. The van der Waals surface area contributed by atoms with Crippen molar-refractivity contribution < 1.29 is 13.9 Å². The average Bonchev–Trinajstić information content (AvgIpc) is 3.53. The van der Waals surface area contributed by atoms with Crippen LogP contribution in [0.15, 0.2) is 53.6 Å². The molecule has 1 aliphatic carbocycles. The first-order chi connectivity index (χ1) is 14.7. The third-order valence-electron chi connectivity index (χ3n) is 6.45. The van der Waals surface area contributed by atoms with Gasteiger partial charge in [0.1, 0.15) is 6.26 Å². The summed E-state index contributed by atoms with van der Waals surface area (Å²) in [4.78, 5) is 18.6. The van der Waals surface area contributed by atoms with Gasteiger partial charge in [-0.25, -0.2) is 9.67 Å². The Hall–Kier alpha value is -3.00. The number of carbonyl (C=O) groups excluding carboxylic acids is 1. The van der Waals surface area contributed by atoms with Crippen LogP contribution in [0.2, 0.25) is 0 Å². The first-order valence-corrected chi connectivity index (χ1v) is 10.4. The van der Waals surface area contributed by atoms with Crippen LogP contribution in [0.3, 0.4) is 0 Å². The molecular weight excluding hydrogens is 382 g/mol. The number of hydrogen-bond donors (Lipinski definition) is 0. The van der Waals surface area contributed by atoms with E-state index in [2.05, 4.69) is 27.4 Å². The first kappa shape index (κ1) is 19.0. The van der Waals surface area contributed by atoms with Gasteiger partial charge in [-0.15, -0.1) is 5.10 Å². The van der Waals surface area contributed by atoms with Gasteiger partial charge in [-0.1, -0.05) is 35.5 Å². The van der Waals surface area contributed by atoms with E-state index in [0.717, 1.165) is 38.0 Å². The van der Waals surface area contributed by atoms with E-state index in [-0.39, 0.29) is 18.1 Å². The molecule has 1 saturated heterocycles. The molecule has 2 aliphatic rings. The molecule has 8 nitrogen and oxygen atoms in total. The molecule has 0 N–H and O–H groups in total. The monoisotopic (exact) mass is 407 g/mol. The van der Waals surface area contributed by atoms with Crippen molar-refractivity contribution in [3.63, 3.8) is 0 Å². The van der Waals surface area contributed by atoms with E-state index in [4.69, 9.17) is 9.15 Å². The summed E-state index contributed by atoms with van der Waals surface area (Å²) in [7, 11) is 1.76. The summed E-state index contributed by atoms with van der Waals surface area (Å²) in [5, 5.41) is 8.82. The molecule has 2 aromatic heterocycles. The molecule has 156 valence electrons. The third-order valence-corrected chi connectivity index (χ3v) is 6.45. The minimum atomic E-state index is -0.0606. The fourth-order valence-electron chi connectivity index (χ4n) is 4.93. The van der Waals surface area contributed by atoms with Gasteiger partial charge >= 0.3 is 0 Å². The number of fused-ring (bicyclic) bond motifs is 1. The third kappa shape index (κ3) is 3.63. The molecule has 30 heavy (non-hydrogen) atoms. The van der Waals surface area contributed by atoms with Crippen LogP contribution in [0, 0.1) is 11.8 Å². The number of rotatable bonds is 5. The van der Waals surface area contributed by atoms with Crippen LogP contribution in [0.25, 0.3) is 0 Å². The molecule has 4 atom stereocenters. The number of amides is 1. The standard InChI is InChI=1S/C22H25N5O3/c1-29-21-9-17-11-26(22(28)19-13-30-14-23-19)10-16(17)8-20(21)27-12-18(24-25-27)7-15-5-3-2-4-6-15/h2-6,12-14,16-17,20-21H,7-11H2,1H3/t16-,17+,20-,21-/m1/s1. The van der Waals surface area contributed by atoms with Crippen molar-refractivity contribution in [3.05, 3.63) is 66.1 Å². The molecule has 1 amide bonds. The SMILES string of the molecule is CO[C@@H]1C[C@H]2CN(C(=O)c3cocn3)C[C@H]2C[C@H]1n1cc(Cc2ccccc2)nn1. The van der Waals surface area contributed by atoms with Crippen molar-refractivity contribution in [2.24, 2.45) is 11.8 Å². The van der Waals surface area contributed by atoms with Crippen LogP contribution in [0.4, 0.5) is 0 Å². The van der Waals surface area contributed by atoms with E-state index < -0.39 is 0 Å². The fourth-order valence-corrected chi connectivity index (χ4v) is 4.93. The molecule has 1 aromatic carbocycles. The Morgan fingerprint density at radius 3 is 2.73 bits per heavy atom. The van der Waals surface area contributed by atoms with Crippen molar-refractivity contribution in [1.29, 1.82) is 0 Å². The molecule has 3 aromatic rings. The summed E-state index contributed by atoms with van der Waals surface area (Å²) in [5.41, 5.74) is 2.54. The Bertz CT molecular complexity index is 987. The van der Waals surface area contributed by atoms with Crippen LogP contribution >= 0.6 is 0 Å². The molecule has 0 spiro atoms. The van der Waals surface area contributed by atoms with Crippen LogP contribution in [-0.4, -0.2) is 57.1 Å². The Morgan fingerprint density at radius 1 is 1.20 bits per heavy atom. The highest BCUT2D eigenvalue weighted by Crippen LogP contribution is 2.42. The van der Waals surface area contributed by atoms with Gasteiger partial charge in [-0.2, -0.15) is 0 Å². The van der Waals surface area contributed by atoms with E-state index in [0.29, 0.717) is 17.5 Å². The second-order valence-corrected chi connectivity index (χ2v) is 8.27. The zero-order valence-electron chi connectivity index (χ0n) is 16.9. The van der Waals surface area contributed by atoms with Crippen molar-refractivity contribution >= 4 is 5.91 Å². The molecule has 2 fully saturated rings. The number of ether oxygens (including phenoxy) is 1. The second-order valence-electron chi connectivity index (χ2n) is 8.27. The zero-order valence-corrected chi connectivity index (χ0v) is 16.9. The van der Waals surface area contributed by atoms with E-state index in [1.165, 1.54) is 18.2 Å². The van der Waals surface area contributed by atoms with Crippen molar-refractivity contribution in [2.75, 3.05) is 20.2 Å². The molecule has 1 saturated carbocycles. The van der Waals surface area contributed by atoms with Gasteiger partial charge in [0, 0.05) is 32.8 Å². The lowest BCUT2D eigenvalue weighted by molar-refractivity contribution is -0.00546. The van der Waals surface area contributed by atoms with E-state index in [1.54, 1.807) is 7.11 Å². The van der Waals surface area contributed by atoms with Crippen LogP contribution in [-0.2, 0) is 11.2 Å². The number of oxazole rings is 1. The van der Waals surface area contributed by atoms with Crippen molar-refractivity contribution in [1.82, 2.24) is 24.9 Å². The molecule has 3 heterocycles. The average molecular weight is 407 g/mol. The highest BCUT2D eigenvalue weighted by Gasteiger charge is 2.45. The topological polar surface area (TPSA) is 86.3 Å². The number of benzene rings is 1. The van der Waals surface area contributed by atoms with Crippen LogP contribution in [0.1, 0.15) is 40.6 Å². The Balaban J connectivity index is 1.29. The molecule has 0 bridgehead atoms. The van der Waals surface area contributed by atoms with E-state index >= 15 is 0 Å². The van der Waals surface area contributed by atoms with Gasteiger partial charge in [-0.3, -0.25) is 4.79 Å². The summed E-state index contributed by atoms with van der Waals surface area (Å²) in [5.74, 6) is 0.781. The zero-order chi connectivity index (χ0) is 20.5. The second kappa shape index (κ2) is 8.02. The smallest absolute Gasteiger partial charge is 0.275 e. The lowest BCUT2D eigenvalue weighted by atomic mass is 9.77. The van der Waals surface area contributed by atoms with Gasteiger partial charge in [0.2, 0.25) is 0 Å². The van der Waals surface area contributed by atoms with Gasteiger partial charge in [0.15, 0.2) is 12.1 Å². The highest BCUT2D eigenvalue weighted by atomic mass is 16.5. The predicted molar refractivity (Wildman–Crippen MR) is 108 cm³/mol. The van der Waals surface area contributed by atoms with Gasteiger partial charge in [-0.05, 0) is 30.2 Å². The lowest BCUT2D eigenvalue weighted by Gasteiger charge is -2.36. The van der Waals surface area contributed by atoms with Crippen molar-refractivity contribution in [3.8, 4) is 0 Å². The maximum atomic E-state index is 12.7. The number of hydrogen-bond acceptors (Lipinski definition) is 6. The molecule has 8 heteroatoms. The predicted octanol–water partition coefficient (Wildman–Crippen LogP) is 2.60. The van der Waals surface area contributed by atoms with Crippen LogP contribution < -0.4 is 0 Å². The van der Waals surface area contributed by atoms with Crippen LogP contribution in [0.5, 0.6) is 0 Å². The van der Waals surface area contributed by atoms with E-state index in [9.17, 15) is 4.79 Å². The fraction of sp³-hybridized carbons (Fsp3) is 0.455. The number of aromatic nitrogens is 4. The van der Waals surface area contributed by atoms with Crippen molar-refractivity contribution in [2.45, 2.75) is 31.4 Å². The maximum Gasteiger partial charge on any atom is 0.275 e. The summed E-state index contributed by atoms with van der Waals surface area (Å²) in [6.45, 7) is 1.47. The normalized spacial score (nSPS) is 26.0. The summed E-state index contributed by atoms with van der Waals surface area (Å²) in [6, 6.07) is 10.4. The Morgan fingerprint density at radius 2 is 2.00 bits per heavy atom. The molecule has 0 unspecified atom stereocenters. The number of nitrogens with zero attached hydrogens (tertiary/aromatic N) is 5. The minimum absolute atomic E-state index is 0.0552. The molecule has 0 radical (unpaired) electrons. The largest absolute Gasteiger partial charge is 0.451 e. The van der Waals surface area contributed by atoms with Gasteiger partial charge in [0.05, 0.1) is 17.8 Å². The Kier molecular flexibility index (Phi) is 5.08. The molecule has 1 aliphatic heterocycles. The summed E-state index contributed by atoms with van der Waals surface area (Å²) in [6.07, 6.45) is 7.39. The Labute approximate surface area is 174 Å². The van der Waals surface area contributed by atoms with Gasteiger partial charge in [0.25, 0.3) is 5.91 Å². The first-order valence-electron chi connectivity index (χ1n) is 10.4. The summed E-state index contributed by atoms with van der Waals surface area (Å²) >= 11 is 0. The quantitative estimate of drug-likeness (QED) is 0.646.